The lowest BCUT2D eigenvalue weighted by atomic mass is 9.90. The first-order chi connectivity index (χ1) is 8.70. The first kappa shape index (κ1) is 13.0. The molecule has 1 aliphatic rings. The van der Waals surface area contributed by atoms with Crippen LogP contribution < -0.4 is 10.6 Å². The Morgan fingerprint density at radius 3 is 3.00 bits per heavy atom. The Morgan fingerprint density at radius 1 is 1.50 bits per heavy atom. The number of hydrogen-bond donors (Lipinski definition) is 2. The maximum atomic E-state index is 13.4. The SMILES string of the molecule is CCC1CCNC(C(=O)Nc2ccccc2F)C1. The van der Waals surface area contributed by atoms with E-state index < -0.39 is 5.82 Å². The summed E-state index contributed by atoms with van der Waals surface area (Å²) in [4.78, 5) is 12.0. The maximum absolute atomic E-state index is 13.4. The molecule has 2 rings (SSSR count). The highest BCUT2D eigenvalue weighted by molar-refractivity contribution is 5.95. The van der Waals surface area contributed by atoms with Gasteiger partial charge in [-0.25, -0.2) is 4.39 Å². The number of para-hydroxylation sites is 1. The molecule has 1 saturated heterocycles. The molecule has 1 amide bonds. The second-order valence-corrected chi connectivity index (χ2v) is 4.77. The van der Waals surface area contributed by atoms with Gasteiger partial charge in [-0.1, -0.05) is 25.5 Å². The number of anilines is 1. The molecule has 0 bridgehead atoms. The molecule has 0 aromatic heterocycles. The molecule has 18 heavy (non-hydrogen) atoms. The van der Waals surface area contributed by atoms with Gasteiger partial charge in [0.15, 0.2) is 0 Å². The van der Waals surface area contributed by atoms with Crippen molar-refractivity contribution in [2.24, 2.45) is 5.92 Å². The monoisotopic (exact) mass is 250 g/mol. The van der Waals surface area contributed by atoms with Crippen LogP contribution in [0.1, 0.15) is 26.2 Å². The minimum absolute atomic E-state index is 0.141. The van der Waals surface area contributed by atoms with E-state index in [4.69, 9.17) is 0 Å². The largest absolute Gasteiger partial charge is 0.322 e. The van der Waals surface area contributed by atoms with Crippen molar-refractivity contribution < 1.29 is 9.18 Å². The Kier molecular flexibility index (Phi) is 4.31. The average molecular weight is 250 g/mol. The third-order valence-corrected chi connectivity index (χ3v) is 3.54. The predicted octanol–water partition coefficient (Wildman–Crippen LogP) is 2.54. The molecule has 4 heteroatoms. The van der Waals surface area contributed by atoms with E-state index in [1.54, 1.807) is 18.2 Å². The Bertz CT molecular complexity index is 422. The van der Waals surface area contributed by atoms with E-state index in [0.717, 1.165) is 25.8 Å². The fourth-order valence-electron chi connectivity index (χ4n) is 2.35. The quantitative estimate of drug-likeness (QED) is 0.865. The van der Waals surface area contributed by atoms with Crippen molar-refractivity contribution in [3.63, 3.8) is 0 Å². The summed E-state index contributed by atoms with van der Waals surface area (Å²) in [5.74, 6) is 0.0505. The Hall–Kier alpha value is -1.42. The topological polar surface area (TPSA) is 41.1 Å². The normalized spacial score (nSPS) is 23.7. The van der Waals surface area contributed by atoms with Gasteiger partial charge in [-0.05, 0) is 37.4 Å². The van der Waals surface area contributed by atoms with Crippen molar-refractivity contribution in [1.82, 2.24) is 5.32 Å². The van der Waals surface area contributed by atoms with Gasteiger partial charge in [0.1, 0.15) is 5.82 Å². The highest BCUT2D eigenvalue weighted by Gasteiger charge is 2.26. The molecule has 2 unspecified atom stereocenters. The number of amides is 1. The van der Waals surface area contributed by atoms with Gasteiger partial charge in [-0.3, -0.25) is 4.79 Å². The van der Waals surface area contributed by atoms with Crippen molar-refractivity contribution in [1.29, 1.82) is 0 Å². The van der Waals surface area contributed by atoms with Crippen LogP contribution in [0.2, 0.25) is 0 Å². The highest BCUT2D eigenvalue weighted by Crippen LogP contribution is 2.20. The van der Waals surface area contributed by atoms with Gasteiger partial charge < -0.3 is 10.6 Å². The number of piperidine rings is 1. The van der Waals surface area contributed by atoms with Gasteiger partial charge in [0.25, 0.3) is 0 Å². The molecule has 1 fully saturated rings. The minimum atomic E-state index is -0.395. The molecule has 3 nitrogen and oxygen atoms in total. The van der Waals surface area contributed by atoms with Crippen LogP contribution in [0.4, 0.5) is 10.1 Å². The fourth-order valence-corrected chi connectivity index (χ4v) is 2.35. The van der Waals surface area contributed by atoms with Crippen molar-refractivity contribution in [2.45, 2.75) is 32.2 Å². The maximum Gasteiger partial charge on any atom is 0.241 e. The molecule has 2 N–H and O–H groups in total. The van der Waals surface area contributed by atoms with Crippen molar-refractivity contribution in [3.8, 4) is 0 Å². The number of hydrogen-bond acceptors (Lipinski definition) is 2. The van der Waals surface area contributed by atoms with Crippen LogP contribution in [-0.2, 0) is 4.79 Å². The van der Waals surface area contributed by atoms with E-state index in [9.17, 15) is 9.18 Å². The summed E-state index contributed by atoms with van der Waals surface area (Å²) in [7, 11) is 0. The molecule has 1 aliphatic heterocycles. The zero-order valence-electron chi connectivity index (χ0n) is 10.6. The minimum Gasteiger partial charge on any atom is -0.322 e. The number of benzene rings is 1. The van der Waals surface area contributed by atoms with E-state index in [0.29, 0.717) is 5.92 Å². The lowest BCUT2D eigenvalue weighted by Crippen LogP contribution is -2.46. The van der Waals surface area contributed by atoms with Gasteiger partial charge in [0.05, 0.1) is 11.7 Å². The number of halogens is 1. The second kappa shape index (κ2) is 5.96. The summed E-state index contributed by atoms with van der Waals surface area (Å²) in [5, 5.41) is 5.84. The first-order valence-electron chi connectivity index (χ1n) is 6.49. The van der Waals surface area contributed by atoms with Gasteiger partial charge in [-0.15, -0.1) is 0 Å². The van der Waals surface area contributed by atoms with Crippen molar-refractivity contribution in [2.75, 3.05) is 11.9 Å². The van der Waals surface area contributed by atoms with Crippen molar-refractivity contribution in [3.05, 3.63) is 30.1 Å². The van der Waals surface area contributed by atoms with Crippen LogP contribution in [0.5, 0.6) is 0 Å². The smallest absolute Gasteiger partial charge is 0.241 e. The van der Waals surface area contributed by atoms with E-state index in [1.807, 2.05) is 0 Å². The van der Waals surface area contributed by atoms with E-state index >= 15 is 0 Å². The lowest BCUT2D eigenvalue weighted by Gasteiger charge is -2.28. The van der Waals surface area contributed by atoms with Gasteiger partial charge >= 0.3 is 0 Å². The summed E-state index contributed by atoms with van der Waals surface area (Å²) in [5.41, 5.74) is 0.253. The van der Waals surface area contributed by atoms with Crippen LogP contribution in [0.3, 0.4) is 0 Å². The molecule has 98 valence electrons. The molecule has 0 spiro atoms. The van der Waals surface area contributed by atoms with Crippen LogP contribution in [-0.4, -0.2) is 18.5 Å². The molecule has 1 heterocycles. The molecule has 0 saturated carbocycles. The third-order valence-electron chi connectivity index (χ3n) is 3.54. The number of carbonyl (C=O) groups is 1. The Balaban J connectivity index is 1.97. The summed E-state index contributed by atoms with van der Waals surface area (Å²) in [6.07, 6.45) is 3.03. The predicted molar refractivity (Wildman–Crippen MR) is 69.8 cm³/mol. The number of rotatable bonds is 3. The van der Waals surface area contributed by atoms with Crippen LogP contribution in [0.15, 0.2) is 24.3 Å². The van der Waals surface area contributed by atoms with E-state index in [2.05, 4.69) is 17.6 Å². The number of carbonyl (C=O) groups excluding carboxylic acids is 1. The molecular weight excluding hydrogens is 231 g/mol. The molecular formula is C14H19FN2O. The standard InChI is InChI=1S/C14H19FN2O/c1-2-10-7-8-16-13(9-10)14(18)17-12-6-4-3-5-11(12)15/h3-6,10,13,16H,2,7-9H2,1H3,(H,17,18). The summed E-state index contributed by atoms with van der Waals surface area (Å²) in [6.45, 7) is 3.00. The number of nitrogens with one attached hydrogen (secondary N) is 2. The van der Waals surface area contributed by atoms with Crippen LogP contribution in [0, 0.1) is 11.7 Å². The fraction of sp³-hybridized carbons (Fsp3) is 0.500. The zero-order valence-corrected chi connectivity index (χ0v) is 10.6. The first-order valence-corrected chi connectivity index (χ1v) is 6.49. The summed E-state index contributed by atoms with van der Waals surface area (Å²) in [6, 6.07) is 6.04. The molecule has 0 radical (unpaired) electrons. The van der Waals surface area contributed by atoms with Gasteiger partial charge in [0.2, 0.25) is 5.91 Å². The summed E-state index contributed by atoms with van der Waals surface area (Å²) < 4.78 is 13.4. The Morgan fingerprint density at radius 2 is 2.28 bits per heavy atom. The van der Waals surface area contributed by atoms with Gasteiger partial charge in [0, 0.05) is 0 Å². The van der Waals surface area contributed by atoms with Crippen LogP contribution >= 0.6 is 0 Å². The molecule has 1 aromatic rings. The van der Waals surface area contributed by atoms with E-state index in [-0.39, 0.29) is 17.6 Å². The third kappa shape index (κ3) is 3.07. The van der Waals surface area contributed by atoms with E-state index in [1.165, 1.54) is 6.07 Å². The summed E-state index contributed by atoms with van der Waals surface area (Å²) >= 11 is 0. The average Bonchev–Trinajstić information content (AvgIpc) is 2.41. The highest BCUT2D eigenvalue weighted by atomic mass is 19.1. The molecule has 0 aliphatic carbocycles. The lowest BCUT2D eigenvalue weighted by molar-refractivity contribution is -0.119. The Labute approximate surface area is 107 Å². The molecule has 1 aromatic carbocycles. The zero-order chi connectivity index (χ0) is 13.0. The second-order valence-electron chi connectivity index (χ2n) is 4.77. The molecule has 2 atom stereocenters. The van der Waals surface area contributed by atoms with Crippen molar-refractivity contribution >= 4 is 11.6 Å². The van der Waals surface area contributed by atoms with Gasteiger partial charge in [-0.2, -0.15) is 0 Å². The van der Waals surface area contributed by atoms with Crippen LogP contribution in [0.25, 0.3) is 0 Å².